The van der Waals surface area contributed by atoms with E-state index < -0.39 is 5.82 Å². The number of thiocarbonyl (C=S) groups is 1. The molecular formula is C14H11Cl2FN2OS. The zero-order chi connectivity index (χ0) is 15.4. The maximum absolute atomic E-state index is 13.6. The van der Waals surface area contributed by atoms with Crippen molar-refractivity contribution in [2.24, 2.45) is 0 Å². The highest BCUT2D eigenvalue weighted by Crippen LogP contribution is 2.27. The Bertz CT molecular complexity index is 682. The fourth-order valence-electron chi connectivity index (χ4n) is 1.62. The Hall–Kier alpha value is -1.56. The Morgan fingerprint density at radius 2 is 1.90 bits per heavy atom. The van der Waals surface area contributed by atoms with Crippen molar-refractivity contribution in [1.29, 1.82) is 0 Å². The molecule has 21 heavy (non-hydrogen) atoms. The van der Waals surface area contributed by atoms with Gasteiger partial charge >= 0.3 is 0 Å². The summed E-state index contributed by atoms with van der Waals surface area (Å²) in [5.74, 6) is 0.110. The van der Waals surface area contributed by atoms with Crippen LogP contribution >= 0.6 is 35.4 Å². The third-order valence-corrected chi connectivity index (χ3v) is 3.32. The largest absolute Gasteiger partial charge is 0.495 e. The van der Waals surface area contributed by atoms with Crippen molar-refractivity contribution >= 4 is 51.9 Å². The molecule has 0 saturated heterocycles. The molecule has 0 heterocycles. The first-order chi connectivity index (χ1) is 9.99. The van der Waals surface area contributed by atoms with Gasteiger partial charge in [0.2, 0.25) is 0 Å². The number of ether oxygens (including phenoxy) is 1. The van der Waals surface area contributed by atoms with Crippen LogP contribution in [0.2, 0.25) is 10.0 Å². The summed E-state index contributed by atoms with van der Waals surface area (Å²) < 4.78 is 18.6. The van der Waals surface area contributed by atoms with Crippen molar-refractivity contribution in [2.45, 2.75) is 0 Å². The van der Waals surface area contributed by atoms with Crippen LogP contribution in [0.3, 0.4) is 0 Å². The second-order valence-electron chi connectivity index (χ2n) is 4.05. The van der Waals surface area contributed by atoms with E-state index in [0.29, 0.717) is 21.5 Å². The standard InChI is InChI=1S/C14H11Cl2FN2OS/c1-20-13-5-3-9(7-10(13)16)18-14(21)19-12-6-8(15)2-4-11(12)17/h2-7H,1H3,(H2,18,19,21). The Kier molecular flexibility index (Phi) is 5.22. The van der Waals surface area contributed by atoms with Gasteiger partial charge in [-0.25, -0.2) is 4.39 Å². The lowest BCUT2D eigenvalue weighted by Gasteiger charge is -2.12. The molecule has 7 heteroatoms. The summed E-state index contributed by atoms with van der Waals surface area (Å²) >= 11 is 16.9. The summed E-state index contributed by atoms with van der Waals surface area (Å²) in [5.41, 5.74) is 0.848. The van der Waals surface area contributed by atoms with Crippen molar-refractivity contribution in [1.82, 2.24) is 0 Å². The molecule has 0 aliphatic heterocycles. The van der Waals surface area contributed by atoms with Crippen LogP contribution in [-0.4, -0.2) is 12.2 Å². The van der Waals surface area contributed by atoms with Crippen LogP contribution < -0.4 is 15.4 Å². The molecule has 0 fully saturated rings. The van der Waals surface area contributed by atoms with E-state index >= 15 is 0 Å². The fourth-order valence-corrected chi connectivity index (χ4v) is 2.28. The van der Waals surface area contributed by atoms with Gasteiger partial charge in [0.15, 0.2) is 5.11 Å². The van der Waals surface area contributed by atoms with Crippen molar-refractivity contribution in [2.75, 3.05) is 17.7 Å². The maximum atomic E-state index is 13.6. The summed E-state index contributed by atoms with van der Waals surface area (Å²) in [6.45, 7) is 0. The highest BCUT2D eigenvalue weighted by atomic mass is 35.5. The van der Waals surface area contributed by atoms with Gasteiger partial charge in [0.05, 0.1) is 17.8 Å². The third-order valence-electron chi connectivity index (χ3n) is 2.59. The lowest BCUT2D eigenvalue weighted by molar-refractivity contribution is 0.415. The van der Waals surface area contributed by atoms with Gasteiger partial charge in [-0.15, -0.1) is 0 Å². The Morgan fingerprint density at radius 1 is 1.14 bits per heavy atom. The number of halogens is 3. The average Bonchev–Trinajstić information content (AvgIpc) is 2.43. The van der Waals surface area contributed by atoms with Crippen LogP contribution in [0.5, 0.6) is 5.75 Å². The summed E-state index contributed by atoms with van der Waals surface area (Å²) in [6, 6.07) is 9.27. The molecule has 0 unspecified atom stereocenters. The first kappa shape index (κ1) is 15.8. The minimum Gasteiger partial charge on any atom is -0.495 e. The quantitative estimate of drug-likeness (QED) is 0.771. The minimum atomic E-state index is -0.448. The number of benzene rings is 2. The lowest BCUT2D eigenvalue weighted by Crippen LogP contribution is -2.19. The lowest BCUT2D eigenvalue weighted by atomic mass is 10.3. The summed E-state index contributed by atoms with van der Waals surface area (Å²) in [6.07, 6.45) is 0. The van der Waals surface area contributed by atoms with E-state index in [1.807, 2.05) is 0 Å². The van der Waals surface area contributed by atoms with E-state index in [1.54, 1.807) is 18.2 Å². The topological polar surface area (TPSA) is 33.3 Å². The molecule has 0 aromatic heterocycles. The molecule has 2 aromatic rings. The van der Waals surface area contributed by atoms with Crippen molar-refractivity contribution in [3.05, 3.63) is 52.3 Å². The second-order valence-corrected chi connectivity index (χ2v) is 5.30. The zero-order valence-electron chi connectivity index (χ0n) is 10.9. The monoisotopic (exact) mass is 344 g/mol. The Balaban J connectivity index is 2.08. The smallest absolute Gasteiger partial charge is 0.175 e. The highest BCUT2D eigenvalue weighted by molar-refractivity contribution is 7.80. The SMILES string of the molecule is COc1ccc(NC(=S)Nc2cc(Cl)ccc2F)cc1Cl. The zero-order valence-corrected chi connectivity index (χ0v) is 13.2. The Labute approximate surface area is 137 Å². The molecular weight excluding hydrogens is 334 g/mol. The molecule has 0 saturated carbocycles. The first-order valence-corrected chi connectivity index (χ1v) is 7.02. The third kappa shape index (κ3) is 4.20. The van der Waals surface area contributed by atoms with Crippen molar-refractivity contribution < 1.29 is 9.13 Å². The van der Waals surface area contributed by atoms with E-state index in [2.05, 4.69) is 10.6 Å². The highest BCUT2D eigenvalue weighted by Gasteiger charge is 2.07. The fraction of sp³-hybridized carbons (Fsp3) is 0.0714. The Morgan fingerprint density at radius 3 is 2.57 bits per heavy atom. The van der Waals surface area contributed by atoms with E-state index in [4.69, 9.17) is 40.2 Å². The van der Waals surface area contributed by atoms with Crippen molar-refractivity contribution in [3.8, 4) is 5.75 Å². The predicted molar refractivity (Wildman–Crippen MR) is 89.3 cm³/mol. The second kappa shape index (κ2) is 6.93. The van der Waals surface area contributed by atoms with Gasteiger partial charge < -0.3 is 15.4 Å². The van der Waals surface area contributed by atoms with Gasteiger partial charge in [0.1, 0.15) is 11.6 Å². The molecule has 0 radical (unpaired) electrons. The molecule has 0 amide bonds. The molecule has 0 atom stereocenters. The van der Waals surface area contributed by atoms with Gasteiger partial charge in [-0.3, -0.25) is 0 Å². The van der Waals surface area contributed by atoms with Crippen molar-refractivity contribution in [3.63, 3.8) is 0 Å². The van der Waals surface area contributed by atoms with Crippen LogP contribution in [0.1, 0.15) is 0 Å². The van der Waals surface area contributed by atoms with Crippen LogP contribution in [0.15, 0.2) is 36.4 Å². The molecule has 3 nitrogen and oxygen atoms in total. The number of nitrogens with one attached hydrogen (secondary N) is 2. The van der Waals surface area contributed by atoms with Gasteiger partial charge in [-0.2, -0.15) is 0 Å². The predicted octanol–water partition coefficient (Wildman–Crippen LogP) is 4.95. The number of hydrogen-bond acceptors (Lipinski definition) is 2. The summed E-state index contributed by atoms with van der Waals surface area (Å²) in [4.78, 5) is 0. The molecule has 2 N–H and O–H groups in total. The summed E-state index contributed by atoms with van der Waals surface area (Å²) in [5, 5.41) is 6.71. The van der Waals surface area contributed by atoms with Crippen LogP contribution in [0.4, 0.5) is 15.8 Å². The van der Waals surface area contributed by atoms with E-state index in [-0.39, 0.29) is 10.8 Å². The minimum absolute atomic E-state index is 0.194. The molecule has 0 aliphatic rings. The van der Waals surface area contributed by atoms with Gasteiger partial charge in [0.25, 0.3) is 0 Å². The van der Waals surface area contributed by atoms with Crippen LogP contribution in [0, 0.1) is 5.82 Å². The molecule has 0 spiro atoms. The first-order valence-electron chi connectivity index (χ1n) is 5.86. The van der Waals surface area contributed by atoms with Crippen LogP contribution in [0.25, 0.3) is 0 Å². The molecule has 2 rings (SSSR count). The molecule has 110 valence electrons. The number of anilines is 2. The van der Waals surface area contributed by atoms with E-state index in [9.17, 15) is 4.39 Å². The van der Waals surface area contributed by atoms with Gasteiger partial charge in [-0.1, -0.05) is 23.2 Å². The number of hydrogen-bond donors (Lipinski definition) is 2. The van der Waals surface area contributed by atoms with E-state index in [0.717, 1.165) is 0 Å². The molecule has 0 aliphatic carbocycles. The average molecular weight is 345 g/mol. The van der Waals surface area contributed by atoms with Crippen LogP contribution in [-0.2, 0) is 0 Å². The maximum Gasteiger partial charge on any atom is 0.175 e. The number of rotatable bonds is 3. The normalized spacial score (nSPS) is 10.1. The molecule has 0 bridgehead atoms. The molecule has 2 aromatic carbocycles. The number of methoxy groups -OCH3 is 1. The van der Waals surface area contributed by atoms with Gasteiger partial charge in [-0.05, 0) is 48.6 Å². The van der Waals surface area contributed by atoms with E-state index in [1.165, 1.54) is 25.3 Å². The summed E-state index contributed by atoms with van der Waals surface area (Å²) in [7, 11) is 1.53. The van der Waals surface area contributed by atoms with Gasteiger partial charge in [0, 0.05) is 10.7 Å².